The molecule has 0 fully saturated rings. The van der Waals surface area contributed by atoms with Crippen molar-refractivity contribution in [1.29, 1.82) is 20.6 Å². The third-order valence-corrected chi connectivity index (χ3v) is 13.5. The van der Waals surface area contributed by atoms with Crippen molar-refractivity contribution in [2.24, 2.45) is 0 Å². The van der Waals surface area contributed by atoms with Gasteiger partial charge in [0, 0.05) is 48.8 Å². The molecule has 7 nitrogen and oxygen atoms in total. The Morgan fingerprint density at radius 2 is 0.911 bits per heavy atom. The van der Waals surface area contributed by atoms with E-state index in [1.807, 2.05) is 78.9 Å². The fourth-order valence-corrected chi connectivity index (χ4v) is 10.1. The summed E-state index contributed by atoms with van der Waals surface area (Å²) in [6, 6.07) is 45.3. The molecule has 1 atom stereocenters. The first-order valence-corrected chi connectivity index (χ1v) is 20.4. The molecule has 1 N–H and O–H groups in total. The maximum atomic E-state index is 13.9. The predicted molar refractivity (Wildman–Crippen MR) is 219 cm³/mol. The van der Waals surface area contributed by atoms with Crippen LogP contribution < -0.4 is 0 Å². The Hall–Kier alpha value is -6.74. The van der Waals surface area contributed by atoms with Gasteiger partial charge in [-0.05, 0) is 124 Å². The maximum absolute atomic E-state index is 13.9. The Bertz CT molecular complexity index is 2980. The first kappa shape index (κ1) is 36.2. The molecule has 56 heavy (non-hydrogen) atoms. The monoisotopic (exact) mass is 778 g/mol. The number of allylic oxidation sites excluding steroid dienone is 2. The van der Waals surface area contributed by atoms with Crippen LogP contribution in [0.3, 0.4) is 0 Å². The first-order valence-electron chi connectivity index (χ1n) is 17.2. The van der Waals surface area contributed by atoms with Crippen LogP contribution in [0.25, 0.3) is 33.4 Å². The molecule has 0 bridgehead atoms. The average Bonchev–Trinajstić information content (AvgIpc) is 3.75. The summed E-state index contributed by atoms with van der Waals surface area (Å²) in [5.41, 5.74) is 9.16. The van der Waals surface area contributed by atoms with Crippen LogP contribution in [0.15, 0.2) is 164 Å². The number of hydrogen-bond donors (Lipinski definition) is 1. The molecule has 0 saturated carbocycles. The van der Waals surface area contributed by atoms with Crippen LogP contribution in [0, 0.1) is 38.8 Å². The molecule has 8 rings (SSSR count). The van der Waals surface area contributed by atoms with Crippen molar-refractivity contribution >= 4 is 54.6 Å². The molecule has 0 heterocycles. The van der Waals surface area contributed by atoms with Gasteiger partial charge in [0.2, 0.25) is 10.2 Å². The summed E-state index contributed by atoms with van der Waals surface area (Å²) in [6.07, 6.45) is 0. The van der Waals surface area contributed by atoms with Crippen LogP contribution in [0.5, 0.6) is 0 Å². The normalized spacial score (nSPS) is 13.8. The summed E-state index contributed by atoms with van der Waals surface area (Å²) in [4.78, 5) is 29.3. The molecular formula is C46H26N4O3S3. The molecule has 0 radical (unpaired) electrons. The SMILES string of the molecule is C/C(C#N)=C1\c2ccccc2-c2c(C(=O)Sc3ccc(S(=N)(=O)c4ccc(SC(=O)c5cccc6c5-c5ccccc5C6=C(C#N)C#N)cc4)cc3)cccc21. The number of carbonyl (C=O) groups excluding carboxylic acids is 2. The van der Waals surface area contributed by atoms with Crippen LogP contribution >= 0.6 is 23.5 Å². The van der Waals surface area contributed by atoms with E-state index in [4.69, 9.17) is 4.78 Å². The van der Waals surface area contributed by atoms with Gasteiger partial charge in [0.25, 0.3) is 0 Å². The lowest BCUT2D eigenvalue weighted by atomic mass is 9.98. The summed E-state index contributed by atoms with van der Waals surface area (Å²) in [5.74, 6) is 0. The van der Waals surface area contributed by atoms with Crippen molar-refractivity contribution in [3.05, 3.63) is 178 Å². The van der Waals surface area contributed by atoms with Gasteiger partial charge in [0.1, 0.15) is 27.4 Å². The number of carbonyl (C=O) groups is 2. The maximum Gasteiger partial charge on any atom is 0.224 e. The van der Waals surface area contributed by atoms with Crippen LogP contribution in [0.2, 0.25) is 0 Å². The number of rotatable bonds is 6. The van der Waals surface area contributed by atoms with E-state index >= 15 is 0 Å². The van der Waals surface area contributed by atoms with Gasteiger partial charge in [0.15, 0.2) is 0 Å². The van der Waals surface area contributed by atoms with Crippen LogP contribution in [0.4, 0.5) is 0 Å². The van der Waals surface area contributed by atoms with Crippen molar-refractivity contribution < 1.29 is 13.8 Å². The molecule has 0 aromatic heterocycles. The molecule has 10 heteroatoms. The van der Waals surface area contributed by atoms with Crippen molar-refractivity contribution in [1.82, 2.24) is 0 Å². The van der Waals surface area contributed by atoms with E-state index in [0.717, 1.165) is 62.5 Å². The summed E-state index contributed by atoms with van der Waals surface area (Å²) in [5, 5.41) is 28.6. The molecule has 0 spiro atoms. The standard InChI is InChI=1S/C46H26N4O3S3/c1-27(24-47)41-33-8-2-4-10-35(33)43-37(41)12-6-14-39(43)45(51)54-29-16-20-31(21-17-29)56(50,53)32-22-18-30(19-23-32)55-46(52)40-15-7-13-38-42(28(25-48)26-49)34-9-3-5-11-36(34)44(38)40/h2-23,50H,1H3/b41-27-. The molecule has 0 amide bonds. The zero-order chi connectivity index (χ0) is 39.1. The van der Waals surface area contributed by atoms with E-state index < -0.39 is 9.73 Å². The van der Waals surface area contributed by atoms with E-state index in [1.165, 1.54) is 0 Å². The molecule has 6 aromatic carbocycles. The number of nitrogens with one attached hydrogen (secondary N) is 1. The fraction of sp³-hybridized carbons (Fsp3) is 0.0217. The molecule has 0 saturated heterocycles. The number of nitriles is 3. The van der Waals surface area contributed by atoms with Gasteiger partial charge in [-0.25, -0.2) is 8.99 Å². The lowest BCUT2D eigenvalue weighted by Crippen LogP contribution is -2.01. The first-order chi connectivity index (χ1) is 27.2. The largest absolute Gasteiger partial charge is 0.281 e. The topological polar surface area (TPSA) is 146 Å². The zero-order valence-electron chi connectivity index (χ0n) is 29.5. The Morgan fingerprint density at radius 1 is 0.518 bits per heavy atom. The Balaban J connectivity index is 1.00. The third kappa shape index (κ3) is 6.05. The van der Waals surface area contributed by atoms with Crippen LogP contribution in [-0.4, -0.2) is 14.4 Å². The second kappa shape index (κ2) is 14.5. The Kier molecular flexibility index (Phi) is 9.38. The third-order valence-electron chi connectivity index (χ3n) is 9.79. The van der Waals surface area contributed by atoms with Gasteiger partial charge >= 0.3 is 0 Å². The summed E-state index contributed by atoms with van der Waals surface area (Å²) >= 11 is 2.04. The van der Waals surface area contributed by atoms with Crippen LogP contribution in [0.1, 0.15) is 49.9 Å². The number of thioether (sulfide) groups is 2. The van der Waals surface area contributed by atoms with Crippen LogP contribution in [-0.2, 0) is 9.73 Å². The lowest BCUT2D eigenvalue weighted by molar-refractivity contribution is 0.108. The summed E-state index contributed by atoms with van der Waals surface area (Å²) in [6.45, 7) is 1.78. The highest BCUT2D eigenvalue weighted by atomic mass is 32.2. The van der Waals surface area contributed by atoms with Crippen molar-refractivity contribution in [2.75, 3.05) is 0 Å². The summed E-state index contributed by atoms with van der Waals surface area (Å²) < 4.78 is 22.7. The fourth-order valence-electron chi connectivity index (χ4n) is 7.30. The molecule has 1 unspecified atom stereocenters. The van der Waals surface area contributed by atoms with E-state index in [0.29, 0.717) is 43.2 Å². The van der Waals surface area contributed by atoms with Gasteiger partial charge in [-0.3, -0.25) is 9.59 Å². The lowest BCUT2D eigenvalue weighted by Gasteiger charge is -2.11. The van der Waals surface area contributed by atoms with Crippen molar-refractivity contribution in [3.63, 3.8) is 0 Å². The predicted octanol–water partition coefficient (Wildman–Crippen LogP) is 11.2. The molecule has 2 aliphatic rings. The van der Waals surface area contributed by atoms with E-state index in [2.05, 4.69) is 6.07 Å². The van der Waals surface area contributed by atoms with E-state index in [-0.39, 0.29) is 25.6 Å². The quantitative estimate of drug-likeness (QED) is 0.130. The van der Waals surface area contributed by atoms with E-state index in [1.54, 1.807) is 73.7 Å². The van der Waals surface area contributed by atoms with Crippen molar-refractivity contribution in [2.45, 2.75) is 26.5 Å². The second-order valence-corrected chi connectivity index (χ2v) is 17.1. The number of fused-ring (bicyclic) bond motifs is 6. The second-order valence-electron chi connectivity index (χ2n) is 12.9. The van der Waals surface area contributed by atoms with E-state index in [9.17, 15) is 29.6 Å². The minimum absolute atomic E-state index is 0.0218. The van der Waals surface area contributed by atoms with Gasteiger partial charge in [-0.15, -0.1) is 0 Å². The number of hydrogen-bond acceptors (Lipinski definition) is 9. The van der Waals surface area contributed by atoms with Gasteiger partial charge in [-0.1, -0.05) is 72.8 Å². The number of benzene rings is 6. The highest BCUT2D eigenvalue weighted by Gasteiger charge is 2.31. The molecule has 0 aliphatic heterocycles. The molecular weight excluding hydrogens is 753 g/mol. The molecule has 2 aliphatic carbocycles. The smallest absolute Gasteiger partial charge is 0.224 e. The number of nitrogens with zero attached hydrogens (tertiary/aromatic N) is 3. The Labute approximate surface area is 332 Å². The Morgan fingerprint density at radius 3 is 1.34 bits per heavy atom. The minimum Gasteiger partial charge on any atom is -0.281 e. The average molecular weight is 779 g/mol. The van der Waals surface area contributed by atoms with Gasteiger partial charge in [-0.2, -0.15) is 15.8 Å². The minimum atomic E-state index is -3.43. The van der Waals surface area contributed by atoms with Gasteiger partial charge in [0.05, 0.1) is 15.9 Å². The highest BCUT2D eigenvalue weighted by molar-refractivity contribution is 8.14. The molecule has 266 valence electrons. The highest BCUT2D eigenvalue weighted by Crippen LogP contribution is 2.49. The van der Waals surface area contributed by atoms with Gasteiger partial charge < -0.3 is 0 Å². The molecule has 6 aromatic rings. The zero-order valence-corrected chi connectivity index (χ0v) is 31.9. The van der Waals surface area contributed by atoms with Crippen molar-refractivity contribution in [3.8, 4) is 40.5 Å². The summed E-state index contributed by atoms with van der Waals surface area (Å²) in [7, 11) is -3.43.